The predicted molar refractivity (Wildman–Crippen MR) is 59.4 cm³/mol. The van der Waals surface area contributed by atoms with Crippen LogP contribution in [0, 0.1) is 11.8 Å². The van der Waals surface area contributed by atoms with Crippen LogP contribution in [0.5, 0.6) is 5.75 Å². The third kappa shape index (κ3) is 3.53. The molecule has 0 N–H and O–H groups in total. The minimum absolute atomic E-state index is 0.801. The Bertz CT molecular complexity index is 313. The van der Waals surface area contributed by atoms with E-state index in [1.165, 1.54) is 6.42 Å². The van der Waals surface area contributed by atoms with E-state index in [4.69, 9.17) is 4.74 Å². The number of benzene rings is 1. The monoisotopic (exact) mass is 188 g/mol. The summed E-state index contributed by atoms with van der Waals surface area (Å²) >= 11 is 0. The topological polar surface area (TPSA) is 9.23 Å². The predicted octanol–water partition coefficient (Wildman–Crippen LogP) is 3.24. The minimum Gasteiger partial charge on any atom is -0.494 e. The Labute approximate surface area is 86.1 Å². The molecule has 0 unspecified atom stereocenters. The lowest BCUT2D eigenvalue weighted by Crippen LogP contribution is -1.95. The van der Waals surface area contributed by atoms with Crippen molar-refractivity contribution in [2.75, 3.05) is 6.61 Å². The van der Waals surface area contributed by atoms with Gasteiger partial charge in [-0.15, -0.1) is 5.92 Å². The second-order valence-corrected chi connectivity index (χ2v) is 3.10. The number of ether oxygens (including phenoxy) is 1. The van der Waals surface area contributed by atoms with Crippen LogP contribution in [0.1, 0.15) is 32.3 Å². The highest BCUT2D eigenvalue weighted by Crippen LogP contribution is 2.11. The van der Waals surface area contributed by atoms with Gasteiger partial charge in [-0.25, -0.2) is 0 Å². The van der Waals surface area contributed by atoms with Crippen molar-refractivity contribution in [1.29, 1.82) is 0 Å². The Kier molecular flexibility index (Phi) is 4.64. The van der Waals surface area contributed by atoms with Crippen molar-refractivity contribution < 1.29 is 4.74 Å². The number of hydrogen-bond acceptors (Lipinski definition) is 1. The van der Waals surface area contributed by atoms with E-state index >= 15 is 0 Å². The van der Waals surface area contributed by atoms with Crippen LogP contribution >= 0.6 is 0 Å². The van der Waals surface area contributed by atoms with E-state index in [0.717, 1.165) is 24.3 Å². The van der Waals surface area contributed by atoms with E-state index in [1.807, 2.05) is 31.2 Å². The molecule has 0 amide bonds. The van der Waals surface area contributed by atoms with Crippen LogP contribution in [-0.2, 0) is 0 Å². The molecule has 1 rings (SSSR count). The molecule has 1 aromatic carbocycles. The van der Waals surface area contributed by atoms with E-state index in [2.05, 4.69) is 18.8 Å². The van der Waals surface area contributed by atoms with Gasteiger partial charge in [0.05, 0.1) is 6.61 Å². The van der Waals surface area contributed by atoms with Crippen molar-refractivity contribution in [1.82, 2.24) is 0 Å². The van der Waals surface area contributed by atoms with E-state index in [1.54, 1.807) is 0 Å². The van der Waals surface area contributed by atoms with Gasteiger partial charge >= 0.3 is 0 Å². The van der Waals surface area contributed by atoms with Crippen LogP contribution in [0.3, 0.4) is 0 Å². The van der Waals surface area contributed by atoms with Gasteiger partial charge in [0.15, 0.2) is 0 Å². The van der Waals surface area contributed by atoms with Crippen LogP contribution in [0.25, 0.3) is 0 Å². The smallest absolute Gasteiger partial charge is 0.119 e. The van der Waals surface area contributed by atoms with Crippen LogP contribution in [0.2, 0.25) is 0 Å². The average molecular weight is 188 g/mol. The lowest BCUT2D eigenvalue weighted by molar-refractivity contribution is 0.309. The molecule has 0 fully saturated rings. The summed E-state index contributed by atoms with van der Waals surface area (Å²) in [6, 6.07) is 7.90. The molecule has 1 aromatic rings. The van der Waals surface area contributed by atoms with Gasteiger partial charge in [-0.1, -0.05) is 19.3 Å². The molecule has 0 atom stereocenters. The first-order valence-electron chi connectivity index (χ1n) is 5.02. The van der Waals surface area contributed by atoms with E-state index < -0.39 is 0 Å². The molecular formula is C13H16O. The average Bonchev–Trinajstić information content (AvgIpc) is 2.21. The molecule has 1 heteroatoms. The second kappa shape index (κ2) is 6.10. The third-order valence-corrected chi connectivity index (χ3v) is 1.89. The molecule has 1 nitrogen and oxygen atoms in total. The van der Waals surface area contributed by atoms with Crippen molar-refractivity contribution in [2.45, 2.75) is 26.7 Å². The molecule has 74 valence electrons. The summed E-state index contributed by atoms with van der Waals surface area (Å²) in [4.78, 5) is 0. The summed E-state index contributed by atoms with van der Waals surface area (Å²) in [7, 11) is 0. The summed E-state index contributed by atoms with van der Waals surface area (Å²) in [6.45, 7) is 4.80. The molecule has 0 aliphatic carbocycles. The minimum atomic E-state index is 0.801. The van der Waals surface area contributed by atoms with Crippen molar-refractivity contribution >= 4 is 0 Å². The molecule has 14 heavy (non-hydrogen) atoms. The summed E-state index contributed by atoms with van der Waals surface area (Å²) in [5, 5.41) is 0. The molecule has 0 bridgehead atoms. The van der Waals surface area contributed by atoms with Crippen LogP contribution < -0.4 is 4.74 Å². The molecule has 0 spiro atoms. The molecule has 0 saturated heterocycles. The lowest BCUT2D eigenvalue weighted by Gasteiger charge is -2.04. The van der Waals surface area contributed by atoms with E-state index in [9.17, 15) is 0 Å². The standard InChI is InChI=1S/C13H16O/c1-3-5-11-14-13-9-7-12(6-4-2)8-10-13/h7-10H,3,5,11H2,1-2H3. The highest BCUT2D eigenvalue weighted by atomic mass is 16.5. The molecule has 0 saturated carbocycles. The van der Waals surface area contributed by atoms with Crippen LogP contribution in [0.4, 0.5) is 0 Å². The Morgan fingerprint density at radius 1 is 1.21 bits per heavy atom. The third-order valence-electron chi connectivity index (χ3n) is 1.89. The largest absolute Gasteiger partial charge is 0.494 e. The van der Waals surface area contributed by atoms with Crippen molar-refractivity contribution in [2.24, 2.45) is 0 Å². The Morgan fingerprint density at radius 3 is 2.50 bits per heavy atom. The molecule has 0 aliphatic heterocycles. The number of unbranched alkanes of at least 4 members (excludes halogenated alkanes) is 1. The fourth-order valence-electron chi connectivity index (χ4n) is 1.11. The SMILES string of the molecule is CC#Cc1ccc(OCCCC)cc1. The molecule has 0 aromatic heterocycles. The first-order valence-corrected chi connectivity index (χ1v) is 5.02. The van der Waals surface area contributed by atoms with E-state index in [0.29, 0.717) is 0 Å². The number of rotatable bonds is 4. The maximum Gasteiger partial charge on any atom is 0.119 e. The lowest BCUT2D eigenvalue weighted by atomic mass is 10.2. The highest BCUT2D eigenvalue weighted by Gasteiger charge is 1.92. The second-order valence-electron chi connectivity index (χ2n) is 3.10. The summed E-state index contributed by atoms with van der Waals surface area (Å²) < 4.78 is 5.53. The zero-order chi connectivity index (χ0) is 10.2. The van der Waals surface area contributed by atoms with Crippen LogP contribution in [-0.4, -0.2) is 6.61 Å². The van der Waals surface area contributed by atoms with Crippen molar-refractivity contribution in [3.63, 3.8) is 0 Å². The van der Waals surface area contributed by atoms with Gasteiger partial charge in [-0.05, 0) is 37.6 Å². The Morgan fingerprint density at radius 2 is 1.93 bits per heavy atom. The molecule has 0 radical (unpaired) electrons. The van der Waals surface area contributed by atoms with Gasteiger partial charge in [-0.2, -0.15) is 0 Å². The fraction of sp³-hybridized carbons (Fsp3) is 0.385. The summed E-state index contributed by atoms with van der Waals surface area (Å²) in [5.41, 5.74) is 1.04. The first kappa shape index (κ1) is 10.7. The summed E-state index contributed by atoms with van der Waals surface area (Å²) in [6.07, 6.45) is 2.27. The van der Waals surface area contributed by atoms with E-state index in [-0.39, 0.29) is 0 Å². The maximum atomic E-state index is 5.53. The number of hydrogen-bond donors (Lipinski definition) is 0. The zero-order valence-electron chi connectivity index (χ0n) is 8.84. The maximum absolute atomic E-state index is 5.53. The van der Waals surface area contributed by atoms with Gasteiger partial charge in [0.2, 0.25) is 0 Å². The normalized spacial score (nSPS) is 9.00. The van der Waals surface area contributed by atoms with Crippen molar-refractivity contribution in [3.05, 3.63) is 29.8 Å². The molecule has 0 heterocycles. The van der Waals surface area contributed by atoms with Crippen LogP contribution in [0.15, 0.2) is 24.3 Å². The van der Waals surface area contributed by atoms with Gasteiger partial charge in [-0.3, -0.25) is 0 Å². The fourth-order valence-corrected chi connectivity index (χ4v) is 1.11. The van der Waals surface area contributed by atoms with Gasteiger partial charge in [0, 0.05) is 5.56 Å². The quantitative estimate of drug-likeness (QED) is 0.520. The Hall–Kier alpha value is -1.42. The summed E-state index contributed by atoms with van der Waals surface area (Å²) in [5.74, 6) is 6.79. The Balaban J connectivity index is 2.49. The highest BCUT2D eigenvalue weighted by molar-refractivity contribution is 5.37. The zero-order valence-corrected chi connectivity index (χ0v) is 8.84. The first-order chi connectivity index (χ1) is 6.86. The molecule has 0 aliphatic rings. The van der Waals surface area contributed by atoms with Gasteiger partial charge < -0.3 is 4.74 Å². The molecular weight excluding hydrogens is 172 g/mol. The van der Waals surface area contributed by atoms with Crippen molar-refractivity contribution in [3.8, 4) is 17.6 Å². The van der Waals surface area contributed by atoms with Gasteiger partial charge in [0.1, 0.15) is 5.75 Å². The van der Waals surface area contributed by atoms with Gasteiger partial charge in [0.25, 0.3) is 0 Å².